The van der Waals surface area contributed by atoms with Gasteiger partial charge < -0.3 is 4.90 Å². The number of likely N-dealkylation sites (tertiary alicyclic amines) is 1. The van der Waals surface area contributed by atoms with Crippen LogP contribution in [-0.4, -0.2) is 51.8 Å². The summed E-state index contributed by atoms with van der Waals surface area (Å²) < 4.78 is 15.9. The zero-order chi connectivity index (χ0) is 22.0. The molecule has 1 aromatic carbocycles. The Kier molecular flexibility index (Phi) is 6.32. The van der Waals surface area contributed by atoms with E-state index in [9.17, 15) is 4.39 Å². The predicted octanol–water partition coefficient (Wildman–Crippen LogP) is 4.25. The second-order valence-electron chi connectivity index (χ2n) is 8.54. The Balaban J connectivity index is 1.63. The van der Waals surface area contributed by atoms with Crippen LogP contribution in [0.3, 0.4) is 0 Å². The minimum atomic E-state index is -0.242. The molecule has 31 heavy (non-hydrogen) atoms. The lowest BCUT2D eigenvalue weighted by Crippen LogP contribution is -2.34. The van der Waals surface area contributed by atoms with Crippen LogP contribution in [0.2, 0.25) is 0 Å². The van der Waals surface area contributed by atoms with Crippen molar-refractivity contribution >= 4 is 5.95 Å². The van der Waals surface area contributed by atoms with Gasteiger partial charge in [0.05, 0.1) is 11.4 Å². The van der Waals surface area contributed by atoms with Crippen molar-refractivity contribution in [2.75, 3.05) is 32.1 Å². The molecule has 1 fully saturated rings. The van der Waals surface area contributed by atoms with Crippen LogP contribution in [0.15, 0.2) is 36.7 Å². The molecule has 2 aromatic heterocycles. The zero-order valence-electron chi connectivity index (χ0n) is 18.8. The molecule has 4 rings (SSSR count). The molecular weight excluding hydrogens is 391 g/mol. The maximum absolute atomic E-state index is 13.9. The molecule has 0 amide bonds. The number of aromatic nitrogens is 4. The summed E-state index contributed by atoms with van der Waals surface area (Å²) in [6.45, 7) is 7.95. The fourth-order valence-electron chi connectivity index (χ4n) is 4.33. The van der Waals surface area contributed by atoms with Gasteiger partial charge in [0.15, 0.2) is 0 Å². The number of nitrogens with zero attached hydrogens (tertiary/aromatic N) is 6. The van der Waals surface area contributed by atoms with Crippen LogP contribution in [-0.2, 0) is 13.1 Å². The first-order chi connectivity index (χ1) is 14.9. The van der Waals surface area contributed by atoms with Gasteiger partial charge in [0.1, 0.15) is 5.82 Å². The Labute approximate surface area is 183 Å². The van der Waals surface area contributed by atoms with E-state index in [-0.39, 0.29) is 11.7 Å². The lowest BCUT2D eigenvalue weighted by molar-refractivity contribution is 0.198. The summed E-state index contributed by atoms with van der Waals surface area (Å²) in [6, 6.07) is 6.72. The summed E-state index contributed by atoms with van der Waals surface area (Å²) in [5.41, 5.74) is 5.14. The molecule has 7 heteroatoms. The topological polar surface area (TPSA) is 50.1 Å². The molecule has 6 nitrogen and oxygen atoms in total. The largest absolute Gasteiger partial charge is 0.347 e. The first kappa shape index (κ1) is 21.4. The molecule has 1 saturated heterocycles. The van der Waals surface area contributed by atoms with Gasteiger partial charge in [-0.15, -0.1) is 0 Å². The normalized spacial score (nSPS) is 17.1. The van der Waals surface area contributed by atoms with E-state index in [0.717, 1.165) is 61.5 Å². The van der Waals surface area contributed by atoms with Crippen molar-refractivity contribution in [3.8, 4) is 11.1 Å². The minimum absolute atomic E-state index is 0.242. The highest BCUT2D eigenvalue weighted by atomic mass is 19.1. The van der Waals surface area contributed by atoms with E-state index < -0.39 is 0 Å². The van der Waals surface area contributed by atoms with Crippen molar-refractivity contribution < 1.29 is 4.39 Å². The monoisotopic (exact) mass is 422 g/mol. The van der Waals surface area contributed by atoms with E-state index in [1.165, 1.54) is 11.6 Å². The summed E-state index contributed by atoms with van der Waals surface area (Å²) in [5.74, 6) is 0.719. The molecule has 1 aliphatic rings. The third-order valence-corrected chi connectivity index (χ3v) is 6.00. The second-order valence-corrected chi connectivity index (χ2v) is 8.54. The third kappa shape index (κ3) is 4.77. The van der Waals surface area contributed by atoms with Gasteiger partial charge in [0.2, 0.25) is 5.95 Å². The smallest absolute Gasteiger partial charge is 0.225 e. The number of hydrogen-bond donors (Lipinski definition) is 0. The quantitative estimate of drug-likeness (QED) is 0.594. The highest BCUT2D eigenvalue weighted by molar-refractivity contribution is 5.66. The van der Waals surface area contributed by atoms with Gasteiger partial charge in [0, 0.05) is 63.2 Å². The van der Waals surface area contributed by atoms with Crippen LogP contribution in [0, 0.1) is 12.7 Å². The molecule has 0 N–H and O–H groups in total. The van der Waals surface area contributed by atoms with E-state index in [2.05, 4.69) is 35.0 Å². The number of halogens is 1. The van der Waals surface area contributed by atoms with Gasteiger partial charge in [-0.05, 0) is 50.9 Å². The highest BCUT2D eigenvalue weighted by Crippen LogP contribution is 2.34. The van der Waals surface area contributed by atoms with Crippen molar-refractivity contribution in [2.24, 2.45) is 0 Å². The Hall–Kier alpha value is -2.80. The van der Waals surface area contributed by atoms with Crippen molar-refractivity contribution in [1.29, 1.82) is 0 Å². The molecule has 0 bridgehead atoms. The number of rotatable bonds is 6. The van der Waals surface area contributed by atoms with E-state index in [1.54, 1.807) is 12.1 Å². The molecule has 0 aliphatic carbocycles. The molecule has 3 aromatic rings. The lowest BCUT2D eigenvalue weighted by Gasteiger charge is -2.33. The van der Waals surface area contributed by atoms with Crippen LogP contribution >= 0.6 is 0 Å². The van der Waals surface area contributed by atoms with E-state index in [1.807, 2.05) is 35.9 Å². The highest BCUT2D eigenvalue weighted by Gasteiger charge is 2.26. The Bertz CT molecular complexity index is 1040. The number of piperidine rings is 1. The maximum atomic E-state index is 13.9. The fraction of sp³-hybridized carbons (Fsp3) is 0.458. The Morgan fingerprint density at radius 3 is 2.81 bits per heavy atom. The summed E-state index contributed by atoms with van der Waals surface area (Å²) in [4.78, 5) is 13.9. The minimum Gasteiger partial charge on any atom is -0.347 e. The predicted molar refractivity (Wildman–Crippen MR) is 122 cm³/mol. The summed E-state index contributed by atoms with van der Waals surface area (Å²) >= 11 is 0. The summed E-state index contributed by atoms with van der Waals surface area (Å²) in [7, 11) is 3.89. The average Bonchev–Trinajstić information content (AvgIpc) is 3.13. The first-order valence-corrected chi connectivity index (χ1v) is 11.0. The molecule has 0 radical (unpaired) electrons. The van der Waals surface area contributed by atoms with E-state index in [0.29, 0.717) is 5.95 Å². The van der Waals surface area contributed by atoms with Crippen LogP contribution in [0.25, 0.3) is 11.1 Å². The molecule has 0 spiro atoms. The van der Waals surface area contributed by atoms with Gasteiger partial charge in [-0.3, -0.25) is 9.58 Å². The number of aryl methyl sites for hydroxylation is 2. The van der Waals surface area contributed by atoms with Crippen LogP contribution in [0.1, 0.15) is 42.6 Å². The van der Waals surface area contributed by atoms with Crippen molar-refractivity contribution in [3.63, 3.8) is 0 Å². The van der Waals surface area contributed by atoms with Crippen molar-refractivity contribution in [1.82, 2.24) is 24.6 Å². The van der Waals surface area contributed by atoms with Gasteiger partial charge in [-0.1, -0.05) is 12.1 Å². The summed E-state index contributed by atoms with van der Waals surface area (Å²) in [5, 5.41) is 4.59. The summed E-state index contributed by atoms with van der Waals surface area (Å²) in [6.07, 6.45) is 6.18. The van der Waals surface area contributed by atoms with E-state index in [4.69, 9.17) is 4.98 Å². The Morgan fingerprint density at radius 1 is 1.26 bits per heavy atom. The molecule has 1 aliphatic heterocycles. The van der Waals surface area contributed by atoms with Gasteiger partial charge in [-0.2, -0.15) is 5.10 Å². The molecule has 1 unspecified atom stereocenters. The molecule has 1 atom stereocenters. The Morgan fingerprint density at radius 2 is 2.10 bits per heavy atom. The maximum Gasteiger partial charge on any atom is 0.225 e. The third-order valence-electron chi connectivity index (χ3n) is 6.00. The number of anilines is 1. The lowest BCUT2D eigenvalue weighted by atomic mass is 9.89. The van der Waals surface area contributed by atoms with Gasteiger partial charge in [0.25, 0.3) is 0 Å². The van der Waals surface area contributed by atoms with E-state index >= 15 is 0 Å². The van der Waals surface area contributed by atoms with Crippen molar-refractivity contribution in [3.05, 3.63) is 59.4 Å². The molecule has 3 heterocycles. The van der Waals surface area contributed by atoms with Gasteiger partial charge >= 0.3 is 0 Å². The number of benzene rings is 1. The second kappa shape index (κ2) is 9.14. The first-order valence-electron chi connectivity index (χ1n) is 11.0. The number of hydrogen-bond acceptors (Lipinski definition) is 5. The standard InChI is InChI=1S/C24H31FN6/c1-5-31-16-20(17(2)28-31)15-30-11-7-9-19(14-30)23-22(13-26-24(27-23)29(3)4)18-8-6-10-21(25)12-18/h6,8,10,12-13,16,19H,5,7,9,11,14-15H2,1-4H3. The fourth-order valence-corrected chi connectivity index (χ4v) is 4.33. The molecular formula is C24H31FN6. The molecule has 164 valence electrons. The van der Waals surface area contributed by atoms with Crippen LogP contribution < -0.4 is 4.90 Å². The van der Waals surface area contributed by atoms with Crippen LogP contribution in [0.5, 0.6) is 0 Å². The van der Waals surface area contributed by atoms with Gasteiger partial charge in [-0.25, -0.2) is 14.4 Å². The zero-order valence-corrected chi connectivity index (χ0v) is 18.8. The van der Waals surface area contributed by atoms with Crippen LogP contribution in [0.4, 0.5) is 10.3 Å². The van der Waals surface area contributed by atoms with Crippen molar-refractivity contribution in [2.45, 2.75) is 45.7 Å². The SMILES string of the molecule is CCn1cc(CN2CCCC(c3nc(N(C)C)ncc3-c3cccc(F)c3)C2)c(C)n1. The average molecular weight is 423 g/mol. The molecule has 0 saturated carbocycles.